The largest absolute Gasteiger partial charge is 0.411 e. The van der Waals surface area contributed by atoms with E-state index in [2.05, 4.69) is 43.1 Å². The van der Waals surface area contributed by atoms with Crippen LogP contribution in [0, 0.1) is 13.8 Å². The van der Waals surface area contributed by atoms with Crippen molar-refractivity contribution in [2.45, 2.75) is 45.3 Å². The van der Waals surface area contributed by atoms with Gasteiger partial charge in [0.15, 0.2) is 5.78 Å². The number of nitrogens with zero attached hydrogens (tertiary/aromatic N) is 2. The zero-order valence-corrected chi connectivity index (χ0v) is 17.2. The second-order valence-electron chi connectivity index (χ2n) is 7.73. The lowest BCUT2D eigenvalue weighted by Crippen LogP contribution is -2.10. The molecule has 0 radical (unpaired) electrons. The molecule has 27 heavy (non-hydrogen) atoms. The predicted molar refractivity (Wildman–Crippen MR) is 109 cm³/mol. The van der Waals surface area contributed by atoms with Gasteiger partial charge in [0, 0.05) is 11.1 Å². The summed E-state index contributed by atoms with van der Waals surface area (Å²) >= 11 is 1.27. The number of Topliss-reactive ketones (excluding diaryl/α,β-unsaturated/α-hetero) is 1. The van der Waals surface area contributed by atoms with Gasteiger partial charge in [0.1, 0.15) is 0 Å². The molecular weight excluding hydrogens is 356 g/mol. The van der Waals surface area contributed by atoms with Crippen LogP contribution in [-0.4, -0.2) is 21.7 Å². The molecule has 1 heterocycles. The van der Waals surface area contributed by atoms with Gasteiger partial charge < -0.3 is 4.42 Å². The lowest BCUT2D eigenvalue weighted by atomic mass is 9.87. The molecule has 0 amide bonds. The van der Waals surface area contributed by atoms with Gasteiger partial charge in [-0.05, 0) is 42.5 Å². The SMILES string of the molecule is Cc1ccc(C(=O)CSc2nnc(-c3ccc(C(C)(C)C)cc3)o2)c(C)c1. The van der Waals surface area contributed by atoms with E-state index in [-0.39, 0.29) is 17.0 Å². The molecule has 0 unspecified atom stereocenters. The summed E-state index contributed by atoms with van der Waals surface area (Å²) in [7, 11) is 0. The molecule has 2 aromatic carbocycles. The van der Waals surface area contributed by atoms with Crippen LogP contribution in [0.3, 0.4) is 0 Å². The molecule has 0 aliphatic rings. The summed E-state index contributed by atoms with van der Waals surface area (Å²) in [6.07, 6.45) is 0. The highest BCUT2D eigenvalue weighted by Crippen LogP contribution is 2.27. The van der Waals surface area contributed by atoms with Gasteiger partial charge in [-0.15, -0.1) is 10.2 Å². The smallest absolute Gasteiger partial charge is 0.277 e. The Labute approximate surface area is 164 Å². The molecule has 3 aromatic rings. The molecular formula is C22H24N2O2S. The van der Waals surface area contributed by atoms with Crippen LogP contribution in [0.5, 0.6) is 0 Å². The number of rotatable bonds is 5. The normalized spacial score (nSPS) is 11.6. The van der Waals surface area contributed by atoms with E-state index in [1.54, 1.807) is 0 Å². The van der Waals surface area contributed by atoms with Gasteiger partial charge in [0.05, 0.1) is 5.75 Å². The van der Waals surface area contributed by atoms with E-state index in [0.29, 0.717) is 11.1 Å². The first-order valence-electron chi connectivity index (χ1n) is 8.92. The molecule has 4 nitrogen and oxygen atoms in total. The van der Waals surface area contributed by atoms with E-state index < -0.39 is 0 Å². The van der Waals surface area contributed by atoms with E-state index in [1.807, 2.05) is 44.2 Å². The van der Waals surface area contributed by atoms with Gasteiger partial charge >= 0.3 is 0 Å². The Hall–Kier alpha value is -2.40. The Balaban J connectivity index is 1.66. The lowest BCUT2D eigenvalue weighted by molar-refractivity contribution is 0.102. The third-order valence-electron chi connectivity index (χ3n) is 4.41. The van der Waals surface area contributed by atoms with E-state index >= 15 is 0 Å². The van der Waals surface area contributed by atoms with Crippen LogP contribution in [0.25, 0.3) is 11.5 Å². The van der Waals surface area contributed by atoms with E-state index in [9.17, 15) is 4.79 Å². The fourth-order valence-corrected chi connectivity index (χ4v) is 3.48. The molecule has 5 heteroatoms. The fraction of sp³-hybridized carbons (Fsp3) is 0.318. The summed E-state index contributed by atoms with van der Waals surface area (Å²) in [5.74, 6) is 0.804. The summed E-state index contributed by atoms with van der Waals surface area (Å²) in [6.45, 7) is 10.5. The summed E-state index contributed by atoms with van der Waals surface area (Å²) in [5, 5.41) is 8.57. The highest BCUT2D eigenvalue weighted by molar-refractivity contribution is 7.99. The quantitative estimate of drug-likeness (QED) is 0.424. The third-order valence-corrected chi connectivity index (χ3v) is 5.23. The molecule has 0 aliphatic carbocycles. The number of carbonyl (C=O) groups excluding carboxylic acids is 1. The van der Waals surface area contributed by atoms with Crippen LogP contribution in [0.2, 0.25) is 0 Å². The lowest BCUT2D eigenvalue weighted by Gasteiger charge is -2.18. The third kappa shape index (κ3) is 4.66. The van der Waals surface area contributed by atoms with Crippen molar-refractivity contribution in [3.63, 3.8) is 0 Å². The standard InChI is InChI=1S/C22H24N2O2S/c1-14-6-11-18(15(2)12-14)19(25)13-27-21-24-23-20(26-21)16-7-9-17(10-8-16)22(3,4)5/h6-12H,13H2,1-5H3. The Bertz CT molecular complexity index is 953. The van der Waals surface area contributed by atoms with Gasteiger partial charge in [-0.2, -0.15) is 0 Å². The number of ketones is 1. The van der Waals surface area contributed by atoms with Crippen molar-refractivity contribution in [1.29, 1.82) is 0 Å². The van der Waals surface area contributed by atoms with Crippen LogP contribution in [0.15, 0.2) is 52.1 Å². The van der Waals surface area contributed by atoms with E-state index in [4.69, 9.17) is 4.42 Å². The second kappa shape index (κ2) is 7.69. The Morgan fingerprint density at radius 1 is 1.04 bits per heavy atom. The molecule has 0 N–H and O–H groups in total. The van der Waals surface area contributed by atoms with E-state index in [1.165, 1.54) is 17.3 Å². The topological polar surface area (TPSA) is 56.0 Å². The van der Waals surface area contributed by atoms with Crippen molar-refractivity contribution in [3.05, 3.63) is 64.7 Å². The van der Waals surface area contributed by atoms with Crippen molar-refractivity contribution < 1.29 is 9.21 Å². The summed E-state index contributed by atoms with van der Waals surface area (Å²) < 4.78 is 5.72. The molecule has 0 saturated heterocycles. The maximum atomic E-state index is 12.4. The minimum absolute atomic E-state index is 0.0618. The summed E-state index contributed by atoms with van der Waals surface area (Å²) in [4.78, 5) is 12.4. The Morgan fingerprint density at radius 2 is 1.74 bits per heavy atom. The number of thioether (sulfide) groups is 1. The molecule has 3 rings (SSSR count). The van der Waals surface area contributed by atoms with Crippen molar-refractivity contribution in [3.8, 4) is 11.5 Å². The van der Waals surface area contributed by atoms with Gasteiger partial charge in [0.2, 0.25) is 5.89 Å². The molecule has 0 atom stereocenters. The van der Waals surface area contributed by atoms with Crippen LogP contribution >= 0.6 is 11.8 Å². The number of carbonyl (C=O) groups is 1. The average molecular weight is 381 g/mol. The minimum Gasteiger partial charge on any atom is -0.411 e. The predicted octanol–water partition coefficient (Wildman–Crippen LogP) is 5.63. The summed E-state index contributed by atoms with van der Waals surface area (Å²) in [5.41, 5.74) is 5.11. The molecule has 1 aromatic heterocycles. The van der Waals surface area contributed by atoms with Crippen LogP contribution in [-0.2, 0) is 5.41 Å². The number of aromatic nitrogens is 2. The zero-order valence-electron chi connectivity index (χ0n) is 16.4. The van der Waals surface area contributed by atoms with Gasteiger partial charge in [-0.3, -0.25) is 4.79 Å². The molecule has 0 saturated carbocycles. The van der Waals surface area contributed by atoms with Crippen LogP contribution < -0.4 is 0 Å². The highest BCUT2D eigenvalue weighted by Gasteiger charge is 2.16. The van der Waals surface area contributed by atoms with Gasteiger partial charge in [-0.1, -0.05) is 68.4 Å². The minimum atomic E-state index is 0.0618. The number of benzene rings is 2. The Kier molecular flexibility index (Phi) is 5.51. The first kappa shape index (κ1) is 19.4. The molecule has 0 aliphatic heterocycles. The number of aryl methyl sites for hydroxylation is 2. The molecule has 140 valence electrons. The van der Waals surface area contributed by atoms with Crippen LogP contribution in [0.4, 0.5) is 0 Å². The maximum absolute atomic E-state index is 12.4. The van der Waals surface area contributed by atoms with E-state index in [0.717, 1.165) is 22.3 Å². The first-order chi connectivity index (χ1) is 12.7. The Morgan fingerprint density at radius 3 is 2.37 bits per heavy atom. The van der Waals surface area contributed by atoms with Gasteiger partial charge in [0.25, 0.3) is 5.22 Å². The highest BCUT2D eigenvalue weighted by atomic mass is 32.2. The summed E-state index contributed by atoms with van der Waals surface area (Å²) in [6, 6.07) is 14.0. The average Bonchev–Trinajstić information content (AvgIpc) is 3.08. The number of hydrogen-bond donors (Lipinski definition) is 0. The number of hydrogen-bond acceptors (Lipinski definition) is 5. The maximum Gasteiger partial charge on any atom is 0.277 e. The molecule has 0 spiro atoms. The van der Waals surface area contributed by atoms with Crippen molar-refractivity contribution >= 4 is 17.5 Å². The van der Waals surface area contributed by atoms with Crippen molar-refractivity contribution in [2.24, 2.45) is 0 Å². The monoisotopic (exact) mass is 380 g/mol. The van der Waals surface area contributed by atoms with Gasteiger partial charge in [-0.25, -0.2) is 0 Å². The van der Waals surface area contributed by atoms with Crippen LogP contribution in [0.1, 0.15) is 47.8 Å². The molecule has 0 fully saturated rings. The molecule has 0 bridgehead atoms. The van der Waals surface area contributed by atoms with Crippen molar-refractivity contribution in [1.82, 2.24) is 10.2 Å². The second-order valence-corrected chi connectivity index (χ2v) is 8.66. The van der Waals surface area contributed by atoms with Crippen molar-refractivity contribution in [2.75, 3.05) is 5.75 Å². The first-order valence-corrected chi connectivity index (χ1v) is 9.90. The zero-order chi connectivity index (χ0) is 19.6. The fourth-order valence-electron chi connectivity index (χ4n) is 2.83.